The number of hydrogen-bond donors (Lipinski definition) is 0. The maximum atomic E-state index is 11.4. The molecule has 19 heavy (non-hydrogen) atoms. The molecule has 0 atom stereocenters. The molecule has 98 valence electrons. The predicted molar refractivity (Wildman–Crippen MR) is 78.2 cm³/mol. The zero-order valence-corrected chi connectivity index (χ0v) is 11.9. The van der Waals surface area contributed by atoms with Gasteiger partial charge in [0.05, 0.1) is 4.90 Å². The first-order chi connectivity index (χ1) is 9.02. The van der Waals surface area contributed by atoms with Gasteiger partial charge in [0, 0.05) is 39.0 Å². The number of rotatable bonds is 2. The summed E-state index contributed by atoms with van der Waals surface area (Å²) in [4.78, 5) is 0.140. The van der Waals surface area contributed by atoms with Gasteiger partial charge in [-0.05, 0) is 31.2 Å². The molecule has 0 radical (unpaired) electrons. The van der Waals surface area contributed by atoms with Crippen molar-refractivity contribution < 1.29 is 8.42 Å². The van der Waals surface area contributed by atoms with E-state index >= 15 is 0 Å². The lowest BCUT2D eigenvalue weighted by Gasteiger charge is -2.02. The smallest absolute Gasteiger partial charge is 0.261 e. The van der Waals surface area contributed by atoms with Crippen LogP contribution in [0.5, 0.6) is 0 Å². The molecule has 0 spiro atoms. The Bertz CT molecular complexity index is 881. The highest BCUT2D eigenvalue weighted by atomic mass is 35.7. The molecule has 2 aromatic carbocycles. The highest BCUT2D eigenvalue weighted by molar-refractivity contribution is 8.13. The summed E-state index contributed by atoms with van der Waals surface area (Å²) >= 11 is 0. The molecule has 0 saturated heterocycles. The molecule has 0 amide bonds. The number of benzene rings is 2. The van der Waals surface area contributed by atoms with Gasteiger partial charge in [-0.25, -0.2) is 8.42 Å². The average Bonchev–Trinajstić information content (AvgIpc) is 2.70. The largest absolute Gasteiger partial charge is 0.341 e. The molecule has 1 aromatic heterocycles. The van der Waals surface area contributed by atoms with Crippen LogP contribution in [0.25, 0.3) is 21.8 Å². The van der Waals surface area contributed by atoms with Gasteiger partial charge in [0.1, 0.15) is 0 Å². The Morgan fingerprint density at radius 1 is 1.05 bits per heavy atom. The van der Waals surface area contributed by atoms with Gasteiger partial charge < -0.3 is 4.57 Å². The fourth-order valence-corrected chi connectivity index (χ4v) is 3.30. The molecule has 0 saturated carbocycles. The van der Waals surface area contributed by atoms with E-state index in [4.69, 9.17) is 10.7 Å². The third kappa shape index (κ3) is 1.91. The standard InChI is InChI=1S/C14H12ClNO2S/c1-2-16-13-6-4-3-5-11(13)12-9-10(19(15,17)18)7-8-14(12)16/h3-9H,2H2,1H3. The van der Waals surface area contributed by atoms with Gasteiger partial charge in [0.25, 0.3) is 9.05 Å². The fraction of sp³-hybridized carbons (Fsp3) is 0.143. The highest BCUT2D eigenvalue weighted by Gasteiger charge is 2.14. The van der Waals surface area contributed by atoms with Crippen LogP contribution in [-0.4, -0.2) is 13.0 Å². The quantitative estimate of drug-likeness (QED) is 0.675. The van der Waals surface area contributed by atoms with Crippen LogP contribution in [0.15, 0.2) is 47.4 Å². The summed E-state index contributed by atoms with van der Waals surface area (Å²) in [6.45, 7) is 2.90. The lowest BCUT2D eigenvalue weighted by atomic mass is 10.1. The first kappa shape index (κ1) is 12.5. The number of hydrogen-bond acceptors (Lipinski definition) is 2. The zero-order chi connectivity index (χ0) is 13.6. The molecule has 1 heterocycles. The van der Waals surface area contributed by atoms with Crippen molar-refractivity contribution in [3.8, 4) is 0 Å². The Morgan fingerprint density at radius 2 is 1.74 bits per heavy atom. The summed E-state index contributed by atoms with van der Waals surface area (Å²) in [7, 11) is 1.72. The van der Waals surface area contributed by atoms with E-state index in [9.17, 15) is 8.42 Å². The van der Waals surface area contributed by atoms with Gasteiger partial charge in [-0.3, -0.25) is 0 Å². The zero-order valence-electron chi connectivity index (χ0n) is 10.3. The van der Waals surface area contributed by atoms with Crippen molar-refractivity contribution >= 4 is 41.5 Å². The van der Waals surface area contributed by atoms with Crippen LogP contribution in [0.4, 0.5) is 0 Å². The van der Waals surface area contributed by atoms with Gasteiger partial charge in [-0.2, -0.15) is 0 Å². The molecule has 0 fully saturated rings. The molecule has 0 aliphatic heterocycles. The molecule has 3 nitrogen and oxygen atoms in total. The third-order valence-electron chi connectivity index (χ3n) is 3.34. The van der Waals surface area contributed by atoms with Crippen molar-refractivity contribution in [1.29, 1.82) is 0 Å². The SMILES string of the molecule is CCn1c2ccccc2c2cc(S(=O)(=O)Cl)ccc21. The second-order valence-corrected chi connectivity index (χ2v) is 6.94. The Kier molecular flexibility index (Phi) is 2.80. The molecule has 0 aliphatic carbocycles. The van der Waals surface area contributed by atoms with E-state index in [1.807, 2.05) is 30.3 Å². The van der Waals surface area contributed by atoms with Crippen LogP contribution in [0.2, 0.25) is 0 Å². The fourth-order valence-electron chi connectivity index (χ4n) is 2.53. The van der Waals surface area contributed by atoms with Crippen molar-refractivity contribution in [2.45, 2.75) is 18.4 Å². The van der Waals surface area contributed by atoms with Gasteiger partial charge in [0.15, 0.2) is 0 Å². The molecule has 3 rings (SSSR count). The topological polar surface area (TPSA) is 39.1 Å². The van der Waals surface area contributed by atoms with Crippen LogP contribution in [-0.2, 0) is 15.6 Å². The number of nitrogens with zero attached hydrogens (tertiary/aromatic N) is 1. The normalized spacial score (nSPS) is 12.3. The van der Waals surface area contributed by atoms with Crippen LogP contribution in [0.3, 0.4) is 0 Å². The lowest BCUT2D eigenvalue weighted by Crippen LogP contribution is -1.94. The minimum atomic E-state index is -3.70. The first-order valence-electron chi connectivity index (χ1n) is 5.98. The first-order valence-corrected chi connectivity index (χ1v) is 8.29. The Balaban J connectivity index is 2.50. The van der Waals surface area contributed by atoms with E-state index in [-0.39, 0.29) is 4.90 Å². The van der Waals surface area contributed by atoms with Crippen LogP contribution >= 0.6 is 10.7 Å². The number of halogens is 1. The van der Waals surface area contributed by atoms with E-state index < -0.39 is 9.05 Å². The predicted octanol–water partition coefficient (Wildman–Crippen LogP) is 3.74. The maximum absolute atomic E-state index is 11.4. The van der Waals surface area contributed by atoms with Crippen LogP contribution < -0.4 is 0 Å². The molecular weight excluding hydrogens is 282 g/mol. The van der Waals surface area contributed by atoms with E-state index in [0.29, 0.717) is 0 Å². The number of para-hydroxylation sites is 1. The van der Waals surface area contributed by atoms with Crippen molar-refractivity contribution in [3.05, 3.63) is 42.5 Å². The van der Waals surface area contributed by atoms with Gasteiger partial charge in [-0.1, -0.05) is 18.2 Å². The van der Waals surface area contributed by atoms with E-state index in [2.05, 4.69) is 11.5 Å². The molecule has 0 bridgehead atoms. The minimum Gasteiger partial charge on any atom is -0.341 e. The number of aryl methyl sites for hydroxylation is 1. The van der Waals surface area contributed by atoms with E-state index in [0.717, 1.165) is 28.4 Å². The molecule has 0 N–H and O–H groups in total. The molecule has 5 heteroatoms. The van der Waals surface area contributed by atoms with Crippen molar-refractivity contribution in [2.75, 3.05) is 0 Å². The summed E-state index contributed by atoms with van der Waals surface area (Å²) < 4.78 is 25.1. The molecule has 0 aliphatic rings. The van der Waals surface area contributed by atoms with Crippen molar-refractivity contribution in [3.63, 3.8) is 0 Å². The second kappa shape index (κ2) is 4.25. The molecule has 3 aromatic rings. The second-order valence-electron chi connectivity index (χ2n) is 4.38. The third-order valence-corrected chi connectivity index (χ3v) is 4.69. The minimum absolute atomic E-state index is 0.140. The van der Waals surface area contributed by atoms with Gasteiger partial charge in [-0.15, -0.1) is 0 Å². The Labute approximate surface area is 115 Å². The summed E-state index contributed by atoms with van der Waals surface area (Å²) in [5, 5.41) is 1.96. The number of aromatic nitrogens is 1. The Hall–Kier alpha value is -1.52. The number of fused-ring (bicyclic) bond motifs is 3. The van der Waals surface area contributed by atoms with Crippen LogP contribution in [0, 0.1) is 0 Å². The molecular formula is C14H12ClNO2S. The summed E-state index contributed by atoms with van der Waals surface area (Å²) in [6, 6.07) is 13.0. The molecule has 0 unspecified atom stereocenters. The highest BCUT2D eigenvalue weighted by Crippen LogP contribution is 2.31. The summed E-state index contributed by atoms with van der Waals surface area (Å²) in [5.41, 5.74) is 2.12. The maximum Gasteiger partial charge on any atom is 0.261 e. The van der Waals surface area contributed by atoms with Crippen LogP contribution in [0.1, 0.15) is 6.92 Å². The van der Waals surface area contributed by atoms with Crippen molar-refractivity contribution in [1.82, 2.24) is 4.57 Å². The lowest BCUT2D eigenvalue weighted by molar-refractivity contribution is 0.609. The van der Waals surface area contributed by atoms with E-state index in [1.165, 1.54) is 0 Å². The summed E-state index contributed by atoms with van der Waals surface area (Å²) in [5.74, 6) is 0. The van der Waals surface area contributed by atoms with Gasteiger partial charge in [0.2, 0.25) is 0 Å². The average molecular weight is 294 g/mol. The van der Waals surface area contributed by atoms with Gasteiger partial charge >= 0.3 is 0 Å². The Morgan fingerprint density at radius 3 is 2.42 bits per heavy atom. The monoisotopic (exact) mass is 293 g/mol. The van der Waals surface area contributed by atoms with E-state index in [1.54, 1.807) is 12.1 Å². The summed E-state index contributed by atoms with van der Waals surface area (Å²) in [6.07, 6.45) is 0. The van der Waals surface area contributed by atoms with Crippen molar-refractivity contribution in [2.24, 2.45) is 0 Å².